The van der Waals surface area contributed by atoms with Crippen LogP contribution in [0.4, 0.5) is 11.5 Å². The number of rotatable bonds is 8. The summed E-state index contributed by atoms with van der Waals surface area (Å²) in [5, 5.41) is 25.1. The van der Waals surface area contributed by atoms with E-state index in [1.807, 2.05) is 38.5 Å². The second-order valence-corrected chi connectivity index (χ2v) is 6.55. The largest absolute Gasteiger partial charge is 0.489 e. The molecule has 0 amide bonds. The quantitative estimate of drug-likeness (QED) is 0.507. The molecule has 2 heterocycles. The van der Waals surface area contributed by atoms with Crippen LogP contribution in [0.5, 0.6) is 0 Å². The summed E-state index contributed by atoms with van der Waals surface area (Å²) < 4.78 is 7.20. The van der Waals surface area contributed by atoms with Crippen molar-refractivity contribution in [3.63, 3.8) is 0 Å². The number of fused-ring (bicyclic) bond motifs is 1. The highest BCUT2D eigenvalue weighted by Crippen LogP contribution is 2.30. The number of hydrogen-bond acceptors (Lipinski definition) is 8. The second-order valence-electron chi connectivity index (χ2n) is 6.55. The highest BCUT2D eigenvalue weighted by molar-refractivity contribution is 6.50. The molecule has 2 aromatic rings. The zero-order valence-electron chi connectivity index (χ0n) is 16.0. The summed E-state index contributed by atoms with van der Waals surface area (Å²) >= 11 is 0. The molecule has 0 aliphatic heterocycles. The SMILES string of the molecule is CN(C)CCNc1nn2ccccc2c1N=C1C=C(OCCO)C(N)=CC1=N. The number of hydrogen-bond donors (Lipinski definition) is 4. The average molecular weight is 383 g/mol. The van der Waals surface area contributed by atoms with E-state index in [2.05, 4.69) is 15.3 Å². The van der Waals surface area contributed by atoms with Crippen LogP contribution in [0.25, 0.3) is 5.52 Å². The highest BCUT2D eigenvalue weighted by Gasteiger charge is 2.18. The Labute approximate surface area is 163 Å². The number of ether oxygens (including phenoxy) is 1. The van der Waals surface area contributed by atoms with Crippen molar-refractivity contribution >= 4 is 28.4 Å². The van der Waals surface area contributed by atoms with Crippen LogP contribution in [-0.2, 0) is 4.74 Å². The van der Waals surface area contributed by atoms with Gasteiger partial charge in [-0.25, -0.2) is 9.51 Å². The van der Waals surface area contributed by atoms with Crippen LogP contribution in [0.2, 0.25) is 0 Å². The molecule has 1 aliphatic carbocycles. The molecule has 0 bridgehead atoms. The normalized spacial score (nSPS) is 15.9. The number of allylic oxidation sites excluding steroid dienone is 2. The second kappa shape index (κ2) is 8.68. The number of anilines is 1. The van der Waals surface area contributed by atoms with Crippen LogP contribution in [0, 0.1) is 5.41 Å². The lowest BCUT2D eigenvalue weighted by atomic mass is 10.1. The molecule has 0 atom stereocenters. The number of aromatic nitrogens is 2. The molecule has 0 spiro atoms. The van der Waals surface area contributed by atoms with Gasteiger partial charge in [0.15, 0.2) is 5.82 Å². The van der Waals surface area contributed by atoms with Gasteiger partial charge >= 0.3 is 0 Å². The van der Waals surface area contributed by atoms with E-state index < -0.39 is 0 Å². The third-order valence-electron chi connectivity index (χ3n) is 4.07. The maximum absolute atomic E-state index is 8.98. The number of pyridine rings is 1. The number of aliphatic hydroxyl groups is 1. The van der Waals surface area contributed by atoms with E-state index >= 15 is 0 Å². The summed E-state index contributed by atoms with van der Waals surface area (Å²) in [4.78, 5) is 6.77. The van der Waals surface area contributed by atoms with E-state index in [0.29, 0.717) is 35.2 Å². The molecule has 0 fully saturated rings. The molecule has 9 nitrogen and oxygen atoms in total. The topological polar surface area (TPSA) is 124 Å². The Hall–Kier alpha value is -3.17. The summed E-state index contributed by atoms with van der Waals surface area (Å²) in [6.45, 7) is 1.55. The Bertz CT molecular complexity index is 956. The molecule has 28 heavy (non-hydrogen) atoms. The summed E-state index contributed by atoms with van der Waals surface area (Å²) in [7, 11) is 4.01. The van der Waals surface area contributed by atoms with E-state index in [4.69, 9.17) is 26.0 Å². The van der Waals surface area contributed by atoms with Crippen LogP contribution in [0.1, 0.15) is 0 Å². The zero-order valence-corrected chi connectivity index (χ0v) is 16.0. The first-order valence-electron chi connectivity index (χ1n) is 8.96. The van der Waals surface area contributed by atoms with Crippen molar-refractivity contribution in [3.05, 3.63) is 48.0 Å². The van der Waals surface area contributed by atoms with Crippen LogP contribution in [0.3, 0.4) is 0 Å². The lowest BCUT2D eigenvalue weighted by Gasteiger charge is -2.15. The molecule has 2 aromatic heterocycles. The predicted octanol–water partition coefficient (Wildman–Crippen LogP) is 1.15. The van der Waals surface area contributed by atoms with E-state index in [9.17, 15) is 0 Å². The lowest BCUT2D eigenvalue weighted by Crippen LogP contribution is -2.21. The number of nitrogens with two attached hydrogens (primary N) is 1. The zero-order chi connectivity index (χ0) is 20.1. The van der Waals surface area contributed by atoms with E-state index in [1.54, 1.807) is 10.6 Å². The minimum Gasteiger partial charge on any atom is -0.489 e. The molecule has 9 heteroatoms. The number of likely N-dealkylation sites (N-methyl/N-ethyl adjacent to an activating group) is 1. The van der Waals surface area contributed by atoms with Crippen molar-refractivity contribution in [3.8, 4) is 0 Å². The third-order valence-corrected chi connectivity index (χ3v) is 4.07. The van der Waals surface area contributed by atoms with Crippen LogP contribution >= 0.6 is 0 Å². The van der Waals surface area contributed by atoms with Crippen LogP contribution in [0.15, 0.2) is 53.0 Å². The third kappa shape index (κ3) is 4.38. The molecule has 0 saturated carbocycles. The van der Waals surface area contributed by atoms with Gasteiger partial charge in [-0.3, -0.25) is 5.41 Å². The highest BCUT2D eigenvalue weighted by atomic mass is 16.5. The van der Waals surface area contributed by atoms with Gasteiger partial charge in [0, 0.05) is 25.4 Å². The Balaban J connectivity index is 1.99. The van der Waals surface area contributed by atoms with Crippen molar-refractivity contribution in [1.82, 2.24) is 14.5 Å². The maximum Gasteiger partial charge on any atom is 0.175 e. The number of aliphatic imine (C=N–C) groups is 1. The Morgan fingerprint density at radius 3 is 2.93 bits per heavy atom. The van der Waals surface area contributed by atoms with Crippen molar-refractivity contribution < 1.29 is 9.84 Å². The maximum atomic E-state index is 8.98. The lowest BCUT2D eigenvalue weighted by molar-refractivity contribution is 0.149. The molecule has 0 aromatic carbocycles. The fourth-order valence-electron chi connectivity index (χ4n) is 2.69. The predicted molar refractivity (Wildman–Crippen MR) is 110 cm³/mol. The van der Waals surface area contributed by atoms with Gasteiger partial charge in [-0.05, 0) is 32.3 Å². The average Bonchev–Trinajstić information content (AvgIpc) is 3.00. The molecule has 5 N–H and O–H groups in total. The van der Waals surface area contributed by atoms with Crippen molar-refractivity contribution in [2.45, 2.75) is 0 Å². The smallest absolute Gasteiger partial charge is 0.175 e. The molecule has 1 aliphatic rings. The molecular weight excluding hydrogens is 358 g/mol. The molecule has 0 saturated heterocycles. The molecule has 3 rings (SSSR count). The van der Waals surface area contributed by atoms with Gasteiger partial charge in [0.25, 0.3) is 0 Å². The Morgan fingerprint density at radius 2 is 2.18 bits per heavy atom. The summed E-state index contributed by atoms with van der Waals surface area (Å²) in [5.74, 6) is 1.03. The summed E-state index contributed by atoms with van der Waals surface area (Å²) in [6.07, 6.45) is 4.96. The van der Waals surface area contributed by atoms with Gasteiger partial charge < -0.3 is 25.8 Å². The van der Waals surface area contributed by atoms with Gasteiger partial charge in [0.2, 0.25) is 0 Å². The molecular formula is C19H25N7O2. The number of nitrogens with one attached hydrogen (secondary N) is 2. The van der Waals surface area contributed by atoms with Gasteiger partial charge in [-0.15, -0.1) is 5.10 Å². The van der Waals surface area contributed by atoms with Crippen molar-refractivity contribution in [2.75, 3.05) is 45.7 Å². The van der Waals surface area contributed by atoms with Gasteiger partial charge in [0.1, 0.15) is 18.1 Å². The summed E-state index contributed by atoms with van der Waals surface area (Å²) in [6, 6.07) is 5.74. The van der Waals surface area contributed by atoms with E-state index in [0.717, 1.165) is 12.1 Å². The minimum absolute atomic E-state index is 0.120. The number of aliphatic hydroxyl groups excluding tert-OH is 1. The summed E-state index contributed by atoms with van der Waals surface area (Å²) in [5.41, 5.74) is 8.32. The van der Waals surface area contributed by atoms with Gasteiger partial charge in [0.05, 0.1) is 29.2 Å². The first-order chi connectivity index (χ1) is 13.5. The Kier molecular flexibility index (Phi) is 6.07. The minimum atomic E-state index is -0.122. The first kappa shape index (κ1) is 19.6. The fraction of sp³-hybridized carbons (Fsp3) is 0.316. The van der Waals surface area contributed by atoms with E-state index in [-0.39, 0.29) is 18.9 Å². The fourth-order valence-corrected chi connectivity index (χ4v) is 2.69. The molecule has 0 radical (unpaired) electrons. The van der Waals surface area contributed by atoms with Crippen LogP contribution < -0.4 is 11.1 Å². The standard InChI is InChI=1S/C19H25N7O2/c1-25(2)8-6-22-19-18(16-5-3-4-7-26(16)24-19)23-15-12-17(28-10-9-27)14(21)11-13(15)20/h3-5,7,11-12,20,27H,6,8-10,21H2,1-2H3,(H,22,24). The van der Waals surface area contributed by atoms with Crippen molar-refractivity contribution in [2.24, 2.45) is 10.7 Å². The Morgan fingerprint density at radius 1 is 1.36 bits per heavy atom. The van der Waals surface area contributed by atoms with Gasteiger partial charge in [-0.1, -0.05) is 6.07 Å². The van der Waals surface area contributed by atoms with E-state index in [1.165, 1.54) is 6.08 Å². The van der Waals surface area contributed by atoms with Gasteiger partial charge in [-0.2, -0.15) is 0 Å². The molecule has 0 unspecified atom stereocenters. The number of nitrogens with zero attached hydrogens (tertiary/aromatic N) is 4. The van der Waals surface area contributed by atoms with Crippen LogP contribution in [-0.4, -0.2) is 71.4 Å². The monoisotopic (exact) mass is 383 g/mol. The first-order valence-corrected chi connectivity index (χ1v) is 8.96. The van der Waals surface area contributed by atoms with Crippen molar-refractivity contribution in [1.29, 1.82) is 5.41 Å². The molecule has 148 valence electrons.